The van der Waals surface area contributed by atoms with E-state index in [1.807, 2.05) is 19.1 Å². The molecule has 0 fully saturated rings. The first-order valence-corrected chi connectivity index (χ1v) is 7.47. The van der Waals surface area contributed by atoms with Crippen LogP contribution in [0, 0.1) is 10.1 Å². The van der Waals surface area contributed by atoms with E-state index in [9.17, 15) is 10.1 Å². The van der Waals surface area contributed by atoms with Gasteiger partial charge in [0.2, 0.25) is 0 Å². The number of nitro benzene ring substituents is 1. The van der Waals surface area contributed by atoms with Crippen LogP contribution in [-0.2, 0) is 13.0 Å². The van der Waals surface area contributed by atoms with E-state index in [1.54, 1.807) is 18.4 Å². The maximum Gasteiger partial charge on any atom is 0.269 e. The number of nitrogens with zero attached hydrogens (tertiary/aromatic N) is 2. The van der Waals surface area contributed by atoms with Gasteiger partial charge in [0.25, 0.3) is 5.69 Å². The first kappa shape index (κ1) is 19.9. The first-order chi connectivity index (χ1) is 11.2. The number of halogens is 1. The molecule has 1 heterocycles. The van der Waals surface area contributed by atoms with Gasteiger partial charge in [-0.3, -0.25) is 10.1 Å². The Hall–Kier alpha value is -2.10. The van der Waals surface area contributed by atoms with Gasteiger partial charge in [-0.1, -0.05) is 12.1 Å². The van der Waals surface area contributed by atoms with Crippen LogP contribution < -0.4 is 10.6 Å². The van der Waals surface area contributed by atoms with Crippen molar-refractivity contribution in [2.24, 2.45) is 4.99 Å². The Morgan fingerprint density at radius 3 is 2.58 bits per heavy atom. The minimum Gasteiger partial charge on any atom is -0.469 e. The Balaban J connectivity index is 0.00000288. The van der Waals surface area contributed by atoms with E-state index in [4.69, 9.17) is 4.42 Å². The molecule has 24 heavy (non-hydrogen) atoms. The monoisotopic (exact) mass is 444 g/mol. The van der Waals surface area contributed by atoms with Crippen molar-refractivity contribution in [3.63, 3.8) is 0 Å². The van der Waals surface area contributed by atoms with Gasteiger partial charge in [-0.2, -0.15) is 0 Å². The average Bonchev–Trinajstić information content (AvgIpc) is 3.06. The molecular formula is C16H21IN4O3. The predicted octanol–water partition coefficient (Wildman–Crippen LogP) is 3.10. The van der Waals surface area contributed by atoms with Crippen LogP contribution in [0.4, 0.5) is 5.69 Å². The lowest BCUT2D eigenvalue weighted by Crippen LogP contribution is -2.38. The summed E-state index contributed by atoms with van der Waals surface area (Å²) in [6, 6.07) is 10.2. The van der Waals surface area contributed by atoms with E-state index in [0.29, 0.717) is 19.0 Å². The summed E-state index contributed by atoms with van der Waals surface area (Å²) >= 11 is 0. The molecule has 1 aromatic heterocycles. The van der Waals surface area contributed by atoms with Crippen LogP contribution in [0.2, 0.25) is 0 Å². The summed E-state index contributed by atoms with van der Waals surface area (Å²) in [6.07, 6.45) is 2.43. The molecule has 0 saturated carbocycles. The standard InChI is InChI=1S/C16H20N4O3.HI/c1-2-17-16(18-10-9-15-4-3-11-23-15)19-12-13-5-7-14(8-6-13)20(21)22;/h3-8,11H,2,9-10,12H2,1H3,(H2,17,18,19);1H. The highest BCUT2D eigenvalue weighted by Crippen LogP contribution is 2.12. The fourth-order valence-corrected chi connectivity index (χ4v) is 1.99. The maximum absolute atomic E-state index is 10.6. The second kappa shape index (κ2) is 10.6. The molecule has 0 radical (unpaired) electrons. The highest BCUT2D eigenvalue weighted by Gasteiger charge is 2.04. The molecule has 0 spiro atoms. The molecule has 1 aromatic carbocycles. The zero-order valence-electron chi connectivity index (χ0n) is 13.4. The van der Waals surface area contributed by atoms with Gasteiger partial charge in [0.15, 0.2) is 5.96 Å². The van der Waals surface area contributed by atoms with Crippen molar-refractivity contribution in [1.82, 2.24) is 10.6 Å². The molecular weight excluding hydrogens is 423 g/mol. The van der Waals surface area contributed by atoms with Crippen molar-refractivity contribution < 1.29 is 9.34 Å². The van der Waals surface area contributed by atoms with Gasteiger partial charge in [-0.25, -0.2) is 4.99 Å². The third kappa shape index (κ3) is 6.57. The van der Waals surface area contributed by atoms with Gasteiger partial charge in [-0.05, 0) is 24.6 Å². The Morgan fingerprint density at radius 1 is 1.25 bits per heavy atom. The fraction of sp³-hybridized carbons (Fsp3) is 0.312. The van der Waals surface area contributed by atoms with E-state index >= 15 is 0 Å². The minimum absolute atomic E-state index is 0. The number of aliphatic imine (C=N–C) groups is 1. The summed E-state index contributed by atoms with van der Waals surface area (Å²) in [5.41, 5.74) is 1.00. The number of furan rings is 1. The van der Waals surface area contributed by atoms with Crippen molar-refractivity contribution in [3.8, 4) is 0 Å². The molecule has 0 aliphatic carbocycles. The van der Waals surface area contributed by atoms with Crippen LogP contribution in [0.5, 0.6) is 0 Å². The van der Waals surface area contributed by atoms with Gasteiger partial charge in [0.05, 0.1) is 17.7 Å². The first-order valence-electron chi connectivity index (χ1n) is 7.47. The SMILES string of the molecule is CCNC(=NCc1ccc([N+](=O)[O-])cc1)NCCc1ccco1.I. The molecule has 8 heteroatoms. The summed E-state index contributed by atoms with van der Waals surface area (Å²) < 4.78 is 5.28. The molecule has 0 aliphatic heterocycles. The zero-order chi connectivity index (χ0) is 16.5. The lowest BCUT2D eigenvalue weighted by Gasteiger charge is -2.10. The van der Waals surface area contributed by atoms with Crippen molar-refractivity contribution >= 4 is 35.6 Å². The topological polar surface area (TPSA) is 92.7 Å². The van der Waals surface area contributed by atoms with Crippen LogP contribution in [-0.4, -0.2) is 24.0 Å². The van der Waals surface area contributed by atoms with E-state index in [2.05, 4.69) is 15.6 Å². The summed E-state index contributed by atoms with van der Waals surface area (Å²) in [4.78, 5) is 14.7. The second-order valence-electron chi connectivity index (χ2n) is 4.87. The molecule has 2 aromatic rings. The van der Waals surface area contributed by atoms with Crippen molar-refractivity contribution in [2.75, 3.05) is 13.1 Å². The quantitative estimate of drug-likeness (QED) is 0.225. The van der Waals surface area contributed by atoms with Gasteiger partial charge in [0.1, 0.15) is 5.76 Å². The Bertz CT molecular complexity index is 642. The van der Waals surface area contributed by atoms with E-state index in [1.165, 1.54) is 12.1 Å². The summed E-state index contributed by atoms with van der Waals surface area (Å²) in [6.45, 7) is 3.91. The molecule has 2 rings (SSSR count). The van der Waals surface area contributed by atoms with Gasteiger partial charge in [-0.15, -0.1) is 24.0 Å². The Kier molecular flexibility index (Phi) is 8.84. The number of nitrogens with one attached hydrogen (secondary N) is 2. The van der Waals surface area contributed by atoms with E-state index < -0.39 is 4.92 Å². The van der Waals surface area contributed by atoms with E-state index in [-0.39, 0.29) is 29.7 Å². The highest BCUT2D eigenvalue weighted by atomic mass is 127. The third-order valence-corrected chi connectivity index (χ3v) is 3.16. The summed E-state index contributed by atoms with van der Waals surface area (Å²) in [5.74, 6) is 1.63. The molecule has 7 nitrogen and oxygen atoms in total. The largest absolute Gasteiger partial charge is 0.469 e. The molecule has 0 unspecified atom stereocenters. The average molecular weight is 444 g/mol. The van der Waals surface area contributed by atoms with Crippen molar-refractivity contribution in [2.45, 2.75) is 19.9 Å². The van der Waals surface area contributed by atoms with E-state index in [0.717, 1.165) is 24.3 Å². The summed E-state index contributed by atoms with van der Waals surface area (Å²) in [5, 5.41) is 17.0. The fourth-order valence-electron chi connectivity index (χ4n) is 1.99. The van der Waals surface area contributed by atoms with Crippen molar-refractivity contribution in [3.05, 3.63) is 64.1 Å². The highest BCUT2D eigenvalue weighted by molar-refractivity contribution is 14.0. The van der Waals surface area contributed by atoms with Crippen molar-refractivity contribution in [1.29, 1.82) is 0 Å². The lowest BCUT2D eigenvalue weighted by atomic mass is 10.2. The molecule has 0 bridgehead atoms. The number of rotatable bonds is 7. The molecule has 130 valence electrons. The van der Waals surface area contributed by atoms with Crippen LogP contribution in [0.25, 0.3) is 0 Å². The minimum atomic E-state index is -0.409. The Labute approximate surface area is 157 Å². The number of nitro groups is 1. The third-order valence-electron chi connectivity index (χ3n) is 3.16. The lowest BCUT2D eigenvalue weighted by molar-refractivity contribution is -0.384. The molecule has 0 atom stereocenters. The number of benzene rings is 1. The number of hydrogen-bond donors (Lipinski definition) is 2. The molecule has 0 amide bonds. The molecule has 0 saturated heterocycles. The van der Waals surface area contributed by atoms with Gasteiger partial charge < -0.3 is 15.1 Å². The number of non-ortho nitro benzene ring substituents is 1. The Morgan fingerprint density at radius 2 is 2.00 bits per heavy atom. The molecule has 0 aliphatic rings. The van der Waals surface area contributed by atoms with Crippen LogP contribution in [0.3, 0.4) is 0 Å². The van der Waals surface area contributed by atoms with Gasteiger partial charge in [0, 0.05) is 31.6 Å². The van der Waals surface area contributed by atoms with Crippen LogP contribution in [0.15, 0.2) is 52.1 Å². The normalized spacial score (nSPS) is 10.8. The maximum atomic E-state index is 10.6. The number of hydrogen-bond acceptors (Lipinski definition) is 4. The smallest absolute Gasteiger partial charge is 0.269 e. The summed E-state index contributed by atoms with van der Waals surface area (Å²) in [7, 11) is 0. The molecule has 2 N–H and O–H groups in total. The van der Waals surface area contributed by atoms with Crippen LogP contribution >= 0.6 is 24.0 Å². The second-order valence-corrected chi connectivity index (χ2v) is 4.87. The number of guanidine groups is 1. The zero-order valence-corrected chi connectivity index (χ0v) is 15.7. The van der Waals surface area contributed by atoms with Crippen LogP contribution in [0.1, 0.15) is 18.2 Å². The predicted molar refractivity (Wildman–Crippen MR) is 104 cm³/mol. The van der Waals surface area contributed by atoms with Gasteiger partial charge >= 0.3 is 0 Å².